The summed E-state index contributed by atoms with van der Waals surface area (Å²) in [5.41, 5.74) is 2.64. The third kappa shape index (κ3) is 3.11. The summed E-state index contributed by atoms with van der Waals surface area (Å²) in [6.07, 6.45) is 1.03. The van der Waals surface area contributed by atoms with Crippen LogP contribution >= 0.6 is 11.3 Å². The van der Waals surface area contributed by atoms with Gasteiger partial charge in [-0.1, -0.05) is 30.3 Å². The lowest BCUT2D eigenvalue weighted by Crippen LogP contribution is -2.47. The van der Waals surface area contributed by atoms with E-state index in [1.165, 1.54) is 16.0 Å². The largest absolute Gasteiger partial charge is 0.378 e. The fourth-order valence-electron chi connectivity index (χ4n) is 3.65. The summed E-state index contributed by atoms with van der Waals surface area (Å²) in [6.45, 7) is 4.15. The second kappa shape index (κ2) is 7.05. The Morgan fingerprint density at radius 2 is 1.92 bits per heavy atom. The smallest absolute Gasteiger partial charge is 0.236 e. The monoisotopic (exact) mass is 342 g/mol. The highest BCUT2D eigenvalue weighted by Crippen LogP contribution is 2.37. The van der Waals surface area contributed by atoms with Gasteiger partial charge in [-0.2, -0.15) is 0 Å². The average Bonchev–Trinajstić information content (AvgIpc) is 3.11. The Bertz CT molecular complexity index is 694. The summed E-state index contributed by atoms with van der Waals surface area (Å²) in [5.74, 6) is 0.220. The summed E-state index contributed by atoms with van der Waals surface area (Å²) < 4.78 is 5.36. The number of ether oxygens (including phenoxy) is 1. The molecule has 1 amide bonds. The quantitative estimate of drug-likeness (QED) is 0.859. The van der Waals surface area contributed by atoms with Gasteiger partial charge in [-0.3, -0.25) is 9.69 Å². The highest BCUT2D eigenvalue weighted by Gasteiger charge is 2.31. The molecule has 3 heterocycles. The minimum absolute atomic E-state index is 0.186. The lowest BCUT2D eigenvalue weighted by molar-refractivity contribution is -0.137. The molecule has 0 bridgehead atoms. The summed E-state index contributed by atoms with van der Waals surface area (Å²) in [6, 6.07) is 13.0. The van der Waals surface area contributed by atoms with Crippen LogP contribution in [-0.4, -0.2) is 55.1 Å². The number of hydrogen-bond donors (Lipinski definition) is 0. The van der Waals surface area contributed by atoms with E-state index in [9.17, 15) is 4.79 Å². The van der Waals surface area contributed by atoms with Crippen LogP contribution < -0.4 is 0 Å². The van der Waals surface area contributed by atoms with Crippen LogP contribution in [0.3, 0.4) is 0 Å². The second-order valence-electron chi connectivity index (χ2n) is 6.33. The van der Waals surface area contributed by atoms with E-state index in [4.69, 9.17) is 4.74 Å². The number of morpholine rings is 1. The molecule has 0 N–H and O–H groups in total. The molecular formula is C19H22N2O2S. The maximum atomic E-state index is 12.7. The van der Waals surface area contributed by atoms with Gasteiger partial charge in [-0.15, -0.1) is 11.3 Å². The van der Waals surface area contributed by atoms with Crippen LogP contribution in [0.4, 0.5) is 0 Å². The van der Waals surface area contributed by atoms with E-state index >= 15 is 0 Å². The number of fused-ring (bicyclic) bond motifs is 1. The molecule has 1 aromatic heterocycles. The van der Waals surface area contributed by atoms with Crippen LogP contribution in [0.1, 0.15) is 22.0 Å². The van der Waals surface area contributed by atoms with Crippen molar-refractivity contribution in [1.82, 2.24) is 9.80 Å². The molecule has 1 fully saturated rings. The van der Waals surface area contributed by atoms with Gasteiger partial charge in [0.1, 0.15) is 0 Å². The Morgan fingerprint density at radius 3 is 2.71 bits per heavy atom. The number of carbonyl (C=O) groups is 1. The molecule has 24 heavy (non-hydrogen) atoms. The van der Waals surface area contributed by atoms with E-state index in [1.807, 2.05) is 22.3 Å². The molecule has 2 aromatic rings. The van der Waals surface area contributed by atoms with Crippen molar-refractivity contribution in [3.8, 4) is 0 Å². The number of thiophene rings is 1. The standard InChI is InChI=1S/C19H22N2O2S/c22-18(20-9-11-23-12-10-20)14-21-8-6-17-16(7-13-24-17)19(21)15-4-2-1-3-5-15/h1-5,7,13,19H,6,8-12,14H2. The summed E-state index contributed by atoms with van der Waals surface area (Å²) in [5, 5.41) is 2.17. The topological polar surface area (TPSA) is 32.8 Å². The van der Waals surface area contributed by atoms with Crippen LogP contribution in [0.2, 0.25) is 0 Å². The van der Waals surface area contributed by atoms with Gasteiger partial charge >= 0.3 is 0 Å². The van der Waals surface area contributed by atoms with Crippen molar-refractivity contribution in [3.05, 3.63) is 57.8 Å². The minimum Gasteiger partial charge on any atom is -0.378 e. The zero-order valence-corrected chi connectivity index (χ0v) is 14.5. The number of nitrogens with zero attached hydrogens (tertiary/aromatic N) is 2. The van der Waals surface area contributed by atoms with Crippen molar-refractivity contribution in [1.29, 1.82) is 0 Å². The molecule has 2 aliphatic heterocycles. The number of hydrogen-bond acceptors (Lipinski definition) is 4. The van der Waals surface area contributed by atoms with Crippen molar-refractivity contribution in [2.45, 2.75) is 12.5 Å². The fraction of sp³-hybridized carbons (Fsp3) is 0.421. The van der Waals surface area contributed by atoms with Gasteiger partial charge in [-0.05, 0) is 29.0 Å². The minimum atomic E-state index is 0.186. The molecule has 4 rings (SSSR count). The molecule has 2 aliphatic rings. The van der Waals surface area contributed by atoms with Gasteiger partial charge < -0.3 is 9.64 Å². The molecule has 1 atom stereocenters. The van der Waals surface area contributed by atoms with Crippen molar-refractivity contribution in [3.63, 3.8) is 0 Å². The van der Waals surface area contributed by atoms with Gasteiger partial charge in [-0.25, -0.2) is 0 Å². The predicted octanol–water partition coefficient (Wildman–Crippen LogP) is 2.55. The highest BCUT2D eigenvalue weighted by atomic mass is 32.1. The fourth-order valence-corrected chi connectivity index (χ4v) is 4.55. The van der Waals surface area contributed by atoms with E-state index in [1.54, 1.807) is 0 Å². The number of carbonyl (C=O) groups excluding carboxylic acids is 1. The molecular weight excluding hydrogens is 320 g/mol. The van der Waals surface area contributed by atoms with Crippen LogP contribution in [0.15, 0.2) is 41.8 Å². The molecule has 126 valence electrons. The maximum absolute atomic E-state index is 12.7. The summed E-state index contributed by atoms with van der Waals surface area (Å²) in [4.78, 5) is 18.5. The molecule has 1 unspecified atom stereocenters. The number of amides is 1. The predicted molar refractivity (Wildman–Crippen MR) is 95.3 cm³/mol. The van der Waals surface area contributed by atoms with E-state index in [-0.39, 0.29) is 11.9 Å². The molecule has 0 saturated carbocycles. The van der Waals surface area contributed by atoms with Crippen LogP contribution in [0.5, 0.6) is 0 Å². The second-order valence-corrected chi connectivity index (χ2v) is 7.33. The molecule has 0 spiro atoms. The molecule has 4 nitrogen and oxygen atoms in total. The van der Waals surface area contributed by atoms with Crippen LogP contribution in [-0.2, 0) is 16.0 Å². The molecule has 0 radical (unpaired) electrons. The lowest BCUT2D eigenvalue weighted by Gasteiger charge is -2.37. The highest BCUT2D eigenvalue weighted by molar-refractivity contribution is 7.10. The summed E-state index contributed by atoms with van der Waals surface area (Å²) in [7, 11) is 0. The first kappa shape index (κ1) is 15.8. The van der Waals surface area contributed by atoms with E-state index in [0.717, 1.165) is 13.0 Å². The molecule has 0 aliphatic carbocycles. The lowest BCUT2D eigenvalue weighted by atomic mass is 9.93. The van der Waals surface area contributed by atoms with E-state index < -0.39 is 0 Å². The third-order valence-electron chi connectivity index (χ3n) is 4.88. The number of rotatable bonds is 3. The van der Waals surface area contributed by atoms with Gasteiger partial charge in [0.05, 0.1) is 25.8 Å². The zero-order chi connectivity index (χ0) is 16.4. The molecule has 1 saturated heterocycles. The van der Waals surface area contributed by atoms with Crippen molar-refractivity contribution >= 4 is 17.2 Å². The van der Waals surface area contributed by atoms with Gasteiger partial charge in [0.15, 0.2) is 0 Å². The van der Waals surface area contributed by atoms with Crippen LogP contribution in [0.25, 0.3) is 0 Å². The molecule has 1 aromatic carbocycles. The maximum Gasteiger partial charge on any atom is 0.236 e. The van der Waals surface area contributed by atoms with E-state index in [2.05, 4.69) is 40.6 Å². The van der Waals surface area contributed by atoms with Gasteiger partial charge in [0, 0.05) is 24.5 Å². The Kier molecular flexibility index (Phi) is 4.65. The summed E-state index contributed by atoms with van der Waals surface area (Å²) >= 11 is 1.83. The van der Waals surface area contributed by atoms with Crippen LogP contribution in [0, 0.1) is 0 Å². The first-order valence-electron chi connectivity index (χ1n) is 8.54. The third-order valence-corrected chi connectivity index (χ3v) is 5.88. The SMILES string of the molecule is O=C(CN1CCc2sccc2C1c1ccccc1)N1CCOCC1. The first-order chi connectivity index (χ1) is 11.8. The Labute approximate surface area is 146 Å². The van der Waals surface area contributed by atoms with E-state index in [0.29, 0.717) is 32.8 Å². The average molecular weight is 342 g/mol. The Hall–Kier alpha value is -1.69. The normalized spacial score (nSPS) is 21.5. The van der Waals surface area contributed by atoms with Gasteiger partial charge in [0.25, 0.3) is 0 Å². The van der Waals surface area contributed by atoms with Gasteiger partial charge in [0.2, 0.25) is 5.91 Å². The Balaban J connectivity index is 1.58. The van der Waals surface area contributed by atoms with Crippen molar-refractivity contribution in [2.24, 2.45) is 0 Å². The molecule has 5 heteroatoms. The number of benzene rings is 1. The zero-order valence-electron chi connectivity index (χ0n) is 13.7. The van der Waals surface area contributed by atoms with Crippen molar-refractivity contribution in [2.75, 3.05) is 39.4 Å². The Morgan fingerprint density at radius 1 is 1.12 bits per heavy atom. The first-order valence-corrected chi connectivity index (χ1v) is 9.41. The van der Waals surface area contributed by atoms with Crippen molar-refractivity contribution < 1.29 is 9.53 Å².